The van der Waals surface area contributed by atoms with Crippen LogP contribution in [0.3, 0.4) is 0 Å². The number of carbonyl (C=O) groups excluding carboxylic acids is 2. The summed E-state index contributed by atoms with van der Waals surface area (Å²) < 4.78 is 11.1. The predicted octanol–water partition coefficient (Wildman–Crippen LogP) is 3.04. The second-order valence-corrected chi connectivity index (χ2v) is 7.37. The summed E-state index contributed by atoms with van der Waals surface area (Å²) in [7, 11) is 3.34. The van der Waals surface area contributed by atoms with Crippen molar-refractivity contribution in [1.29, 1.82) is 0 Å². The lowest BCUT2D eigenvalue weighted by Gasteiger charge is -2.39. The molecule has 1 fully saturated rings. The fourth-order valence-corrected chi connectivity index (χ4v) is 2.42. The lowest BCUT2D eigenvalue weighted by molar-refractivity contribution is -0.0221. The molecule has 0 bridgehead atoms. The van der Waals surface area contributed by atoms with Crippen molar-refractivity contribution in [1.82, 2.24) is 9.80 Å². The highest BCUT2D eigenvalue weighted by atomic mass is 35.5. The molecule has 0 aromatic heterocycles. The van der Waals surface area contributed by atoms with Crippen molar-refractivity contribution in [2.24, 2.45) is 0 Å². The van der Waals surface area contributed by atoms with Crippen LogP contribution in [0.15, 0.2) is 18.2 Å². The maximum absolute atomic E-state index is 11.9. The number of benzene rings is 1. The van der Waals surface area contributed by atoms with Crippen LogP contribution in [0.2, 0.25) is 5.02 Å². The van der Waals surface area contributed by atoms with Crippen LogP contribution in [0.4, 0.5) is 4.79 Å². The predicted molar refractivity (Wildman–Crippen MR) is 91.7 cm³/mol. The molecule has 1 saturated heterocycles. The fraction of sp³-hybridized carbons (Fsp3) is 0.529. The van der Waals surface area contributed by atoms with E-state index in [9.17, 15) is 9.59 Å². The molecule has 0 unspecified atom stereocenters. The molecule has 6 nitrogen and oxygen atoms in total. The molecule has 0 saturated carbocycles. The van der Waals surface area contributed by atoms with Gasteiger partial charge in [0.05, 0.1) is 23.7 Å². The molecule has 24 heavy (non-hydrogen) atoms. The molecule has 2 rings (SSSR count). The van der Waals surface area contributed by atoms with Gasteiger partial charge in [0.2, 0.25) is 0 Å². The van der Waals surface area contributed by atoms with Gasteiger partial charge in [-0.05, 0) is 39.0 Å². The van der Waals surface area contributed by atoms with E-state index < -0.39 is 5.60 Å². The van der Waals surface area contributed by atoms with Gasteiger partial charge >= 0.3 is 6.09 Å². The number of carbonyl (C=O) groups is 2. The Morgan fingerprint density at radius 1 is 1.25 bits per heavy atom. The van der Waals surface area contributed by atoms with Crippen molar-refractivity contribution in [3.05, 3.63) is 28.8 Å². The second kappa shape index (κ2) is 6.89. The molecule has 1 aliphatic heterocycles. The SMILES string of the molecule is CN(C)C(=O)c1ccc(OC2CN(C(=O)OC(C)(C)C)C2)cc1Cl. The molecule has 2 amide bonds. The fourth-order valence-electron chi connectivity index (χ4n) is 2.16. The average Bonchev–Trinajstić information content (AvgIpc) is 2.39. The van der Waals surface area contributed by atoms with Crippen LogP contribution in [0.5, 0.6) is 5.75 Å². The largest absolute Gasteiger partial charge is 0.487 e. The molecule has 0 radical (unpaired) electrons. The zero-order valence-corrected chi connectivity index (χ0v) is 15.4. The number of hydrogen-bond acceptors (Lipinski definition) is 4. The Bertz CT molecular complexity index is 634. The maximum atomic E-state index is 11.9. The van der Waals surface area contributed by atoms with E-state index in [1.54, 1.807) is 37.2 Å². The highest BCUT2D eigenvalue weighted by Gasteiger charge is 2.35. The minimum Gasteiger partial charge on any atom is -0.487 e. The first kappa shape index (κ1) is 18.4. The van der Waals surface area contributed by atoms with E-state index in [0.29, 0.717) is 29.4 Å². The lowest BCUT2D eigenvalue weighted by atomic mass is 10.1. The van der Waals surface area contributed by atoms with Gasteiger partial charge in [0.1, 0.15) is 17.5 Å². The Kier molecular flexibility index (Phi) is 5.28. The summed E-state index contributed by atoms with van der Waals surface area (Å²) >= 11 is 6.15. The monoisotopic (exact) mass is 354 g/mol. The van der Waals surface area contributed by atoms with Gasteiger partial charge in [0.15, 0.2) is 0 Å². The normalized spacial score (nSPS) is 14.8. The van der Waals surface area contributed by atoms with Crippen molar-refractivity contribution < 1.29 is 19.1 Å². The molecular weight excluding hydrogens is 332 g/mol. The third-order valence-corrected chi connectivity index (χ3v) is 3.69. The molecule has 0 atom stereocenters. The molecule has 0 aliphatic carbocycles. The van der Waals surface area contributed by atoms with E-state index in [2.05, 4.69) is 0 Å². The quantitative estimate of drug-likeness (QED) is 0.837. The van der Waals surface area contributed by atoms with E-state index in [4.69, 9.17) is 21.1 Å². The minimum atomic E-state index is -0.509. The Balaban J connectivity index is 1.89. The standard InChI is InChI=1S/C17H23ClN2O4/c1-17(2,3)24-16(22)20-9-12(10-20)23-11-6-7-13(14(18)8-11)15(21)19(4)5/h6-8,12H,9-10H2,1-5H3. The van der Waals surface area contributed by atoms with Crippen LogP contribution in [0, 0.1) is 0 Å². The van der Waals surface area contributed by atoms with Gasteiger partial charge in [0.25, 0.3) is 5.91 Å². The molecule has 1 aliphatic rings. The van der Waals surface area contributed by atoms with Gasteiger partial charge in [-0.25, -0.2) is 4.79 Å². The molecular formula is C17H23ClN2O4. The third-order valence-electron chi connectivity index (χ3n) is 3.38. The summed E-state index contributed by atoms with van der Waals surface area (Å²) in [5, 5.41) is 0.342. The number of amides is 2. The summed E-state index contributed by atoms with van der Waals surface area (Å²) in [6.45, 7) is 6.42. The first-order chi connectivity index (χ1) is 11.1. The van der Waals surface area contributed by atoms with E-state index in [1.165, 1.54) is 4.90 Å². The summed E-state index contributed by atoms with van der Waals surface area (Å²) in [6.07, 6.45) is -0.448. The van der Waals surface area contributed by atoms with Crippen molar-refractivity contribution >= 4 is 23.6 Å². The van der Waals surface area contributed by atoms with E-state index >= 15 is 0 Å². The summed E-state index contributed by atoms with van der Waals surface area (Å²) in [6, 6.07) is 4.97. The lowest BCUT2D eigenvalue weighted by Crippen LogP contribution is -2.57. The molecule has 1 aromatic rings. The van der Waals surface area contributed by atoms with Gasteiger partial charge in [-0.15, -0.1) is 0 Å². The Labute approximate surface area is 147 Å². The molecule has 0 N–H and O–H groups in total. The van der Waals surface area contributed by atoms with Crippen LogP contribution in [0.25, 0.3) is 0 Å². The number of hydrogen-bond donors (Lipinski definition) is 0. The molecule has 132 valence electrons. The number of halogens is 1. The van der Waals surface area contributed by atoms with Gasteiger partial charge in [0, 0.05) is 14.1 Å². The Morgan fingerprint density at radius 2 is 1.88 bits per heavy atom. The van der Waals surface area contributed by atoms with Gasteiger partial charge in [-0.2, -0.15) is 0 Å². The van der Waals surface area contributed by atoms with Gasteiger partial charge < -0.3 is 19.3 Å². The number of nitrogens with zero attached hydrogens (tertiary/aromatic N) is 2. The van der Waals surface area contributed by atoms with Crippen LogP contribution in [-0.2, 0) is 4.74 Å². The zero-order chi connectivity index (χ0) is 18.1. The van der Waals surface area contributed by atoms with Gasteiger partial charge in [-0.1, -0.05) is 11.6 Å². The van der Waals surface area contributed by atoms with Crippen LogP contribution in [-0.4, -0.2) is 60.7 Å². The highest BCUT2D eigenvalue weighted by molar-refractivity contribution is 6.34. The zero-order valence-electron chi connectivity index (χ0n) is 14.6. The molecule has 1 aromatic carbocycles. The van der Waals surface area contributed by atoms with Crippen molar-refractivity contribution in [2.45, 2.75) is 32.5 Å². The van der Waals surface area contributed by atoms with E-state index in [-0.39, 0.29) is 18.1 Å². The van der Waals surface area contributed by atoms with E-state index in [1.807, 2.05) is 20.8 Å². The van der Waals surface area contributed by atoms with E-state index in [0.717, 1.165) is 0 Å². The van der Waals surface area contributed by atoms with Crippen molar-refractivity contribution in [3.8, 4) is 5.75 Å². The van der Waals surface area contributed by atoms with Crippen molar-refractivity contribution in [2.75, 3.05) is 27.2 Å². The second-order valence-electron chi connectivity index (χ2n) is 6.97. The topological polar surface area (TPSA) is 59.1 Å². The molecule has 1 heterocycles. The van der Waals surface area contributed by atoms with Gasteiger partial charge in [-0.3, -0.25) is 4.79 Å². The number of likely N-dealkylation sites (tertiary alicyclic amines) is 1. The van der Waals surface area contributed by atoms with Crippen molar-refractivity contribution in [3.63, 3.8) is 0 Å². The summed E-state index contributed by atoms with van der Waals surface area (Å²) in [5.41, 5.74) is -0.0799. The first-order valence-corrected chi connectivity index (χ1v) is 8.10. The summed E-state index contributed by atoms with van der Waals surface area (Å²) in [4.78, 5) is 26.9. The first-order valence-electron chi connectivity index (χ1n) is 7.72. The number of ether oxygens (including phenoxy) is 2. The smallest absolute Gasteiger partial charge is 0.410 e. The van der Waals surface area contributed by atoms with Crippen LogP contribution >= 0.6 is 11.6 Å². The maximum Gasteiger partial charge on any atom is 0.410 e. The molecule has 7 heteroatoms. The Morgan fingerprint density at radius 3 is 2.38 bits per heavy atom. The highest BCUT2D eigenvalue weighted by Crippen LogP contribution is 2.26. The average molecular weight is 355 g/mol. The third kappa shape index (κ3) is 4.54. The minimum absolute atomic E-state index is 0.107. The van der Waals surface area contributed by atoms with Crippen LogP contribution < -0.4 is 4.74 Å². The molecule has 0 spiro atoms. The summed E-state index contributed by atoms with van der Waals surface area (Å²) in [5.74, 6) is 0.412. The number of rotatable bonds is 3. The Hall–Kier alpha value is -1.95. The van der Waals surface area contributed by atoms with Crippen LogP contribution in [0.1, 0.15) is 31.1 Å².